The van der Waals surface area contributed by atoms with Gasteiger partial charge in [0, 0.05) is 7.05 Å². The molecule has 0 aromatic rings. The molecule has 0 spiro atoms. The van der Waals surface area contributed by atoms with Crippen LogP contribution in [0.4, 0.5) is 0 Å². The number of rotatable bonds is 0. The minimum atomic E-state index is 0.130. The van der Waals surface area contributed by atoms with Crippen molar-refractivity contribution in [2.45, 2.75) is 6.92 Å². The van der Waals surface area contributed by atoms with Gasteiger partial charge in [-0.2, -0.15) is 0 Å². The summed E-state index contributed by atoms with van der Waals surface area (Å²) in [5.41, 5.74) is 14.3. The van der Waals surface area contributed by atoms with Gasteiger partial charge in [0.25, 0.3) is 0 Å². The normalized spacial score (nSPS) is 6.44. The summed E-state index contributed by atoms with van der Waals surface area (Å²) in [5.74, 6) is 0.296. The van der Waals surface area contributed by atoms with E-state index in [1.807, 2.05) is 0 Å². The topological polar surface area (TPSA) is 114 Å². The van der Waals surface area contributed by atoms with Gasteiger partial charge in [0.15, 0.2) is 5.96 Å². The van der Waals surface area contributed by atoms with Crippen LogP contribution >= 0.6 is 0 Å². The zero-order valence-corrected chi connectivity index (χ0v) is 5.68. The Balaban J connectivity index is 0. The molecule has 0 aromatic heterocycles. The third kappa shape index (κ3) is 277. The number of guanidine groups is 1. The molecular formula is C4H13N5. The van der Waals surface area contributed by atoms with E-state index in [4.69, 9.17) is 22.6 Å². The highest BCUT2D eigenvalue weighted by atomic mass is 15.0. The molecule has 0 unspecified atom stereocenters. The maximum absolute atomic E-state index is 6.28. The number of aliphatic imine (C=N–C) groups is 1. The highest BCUT2D eigenvalue weighted by molar-refractivity contribution is 5.75. The van der Waals surface area contributed by atoms with Crippen molar-refractivity contribution in [3.63, 3.8) is 0 Å². The van der Waals surface area contributed by atoms with Crippen molar-refractivity contribution in [2.24, 2.45) is 22.2 Å². The zero-order valence-electron chi connectivity index (χ0n) is 5.68. The fourth-order valence-electron chi connectivity index (χ4n) is 0. The first-order valence-corrected chi connectivity index (χ1v) is 2.29. The second-order valence-electron chi connectivity index (χ2n) is 1.33. The average molecular weight is 131 g/mol. The van der Waals surface area contributed by atoms with Crippen molar-refractivity contribution in [3.8, 4) is 0 Å². The first-order chi connectivity index (χ1) is 4.00. The summed E-state index contributed by atoms with van der Waals surface area (Å²) in [6.07, 6.45) is 0. The Morgan fingerprint density at radius 3 is 1.44 bits per heavy atom. The van der Waals surface area contributed by atoms with Crippen molar-refractivity contribution in [2.75, 3.05) is 7.05 Å². The van der Waals surface area contributed by atoms with E-state index in [2.05, 4.69) is 4.99 Å². The van der Waals surface area contributed by atoms with Gasteiger partial charge in [0.1, 0.15) is 0 Å². The fraction of sp³-hybridized carbons (Fsp3) is 0.500. The lowest BCUT2D eigenvalue weighted by molar-refractivity contribution is 1.36. The summed E-state index contributed by atoms with van der Waals surface area (Å²) in [7, 11) is 1.54. The lowest BCUT2D eigenvalue weighted by Gasteiger charge is -1.77. The molecule has 0 aromatic carbocycles. The molecule has 0 atom stereocenters. The Bertz CT molecular complexity index is 97.5. The standard InChI is InChI=1S/C2H7N3.C2H6N2/c1-5-2(3)4;1-2(3)4/h1H3,(H4,3,4,5);1H3,(H3,3,4). The Morgan fingerprint density at radius 1 is 1.33 bits per heavy atom. The van der Waals surface area contributed by atoms with Gasteiger partial charge in [0.2, 0.25) is 0 Å². The highest BCUT2D eigenvalue weighted by Crippen LogP contribution is 1.40. The van der Waals surface area contributed by atoms with Gasteiger partial charge in [-0.05, 0) is 6.92 Å². The zero-order chi connectivity index (χ0) is 7.86. The molecule has 0 aliphatic heterocycles. The number of amidine groups is 1. The quantitative estimate of drug-likeness (QED) is 0.245. The van der Waals surface area contributed by atoms with Gasteiger partial charge in [-0.3, -0.25) is 10.4 Å². The number of nitrogens with zero attached hydrogens (tertiary/aromatic N) is 1. The Labute approximate surface area is 54.4 Å². The second-order valence-corrected chi connectivity index (χ2v) is 1.33. The van der Waals surface area contributed by atoms with E-state index in [9.17, 15) is 0 Å². The van der Waals surface area contributed by atoms with Crippen LogP contribution in [0, 0.1) is 5.41 Å². The van der Waals surface area contributed by atoms with Crippen molar-refractivity contribution >= 4 is 11.8 Å². The van der Waals surface area contributed by atoms with Crippen LogP contribution < -0.4 is 17.2 Å². The van der Waals surface area contributed by atoms with Crippen molar-refractivity contribution in [1.29, 1.82) is 5.41 Å². The van der Waals surface area contributed by atoms with Crippen LogP contribution in [-0.4, -0.2) is 18.8 Å². The maximum Gasteiger partial charge on any atom is 0.185 e. The van der Waals surface area contributed by atoms with Crippen LogP contribution in [0.2, 0.25) is 0 Å². The van der Waals surface area contributed by atoms with Gasteiger partial charge in [-0.25, -0.2) is 0 Å². The summed E-state index contributed by atoms with van der Waals surface area (Å²) in [5, 5.41) is 6.28. The molecule has 0 aliphatic rings. The van der Waals surface area contributed by atoms with E-state index in [-0.39, 0.29) is 11.8 Å². The molecule has 0 heterocycles. The lowest BCUT2D eigenvalue weighted by Crippen LogP contribution is -2.21. The molecule has 7 N–H and O–H groups in total. The molecule has 5 nitrogen and oxygen atoms in total. The molecule has 0 fully saturated rings. The number of nitrogens with one attached hydrogen (secondary N) is 1. The summed E-state index contributed by atoms with van der Waals surface area (Å²) in [6.45, 7) is 1.53. The summed E-state index contributed by atoms with van der Waals surface area (Å²) in [4.78, 5) is 3.36. The largest absolute Gasteiger partial charge is 0.388 e. The van der Waals surface area contributed by atoms with Gasteiger partial charge >= 0.3 is 0 Å². The fourth-order valence-corrected chi connectivity index (χ4v) is 0. The first-order valence-electron chi connectivity index (χ1n) is 2.29. The van der Waals surface area contributed by atoms with Crippen molar-refractivity contribution in [1.82, 2.24) is 0 Å². The molecule has 0 saturated heterocycles. The van der Waals surface area contributed by atoms with Crippen molar-refractivity contribution in [3.05, 3.63) is 0 Å². The van der Waals surface area contributed by atoms with Gasteiger partial charge in [-0.1, -0.05) is 0 Å². The van der Waals surface area contributed by atoms with Crippen LogP contribution in [-0.2, 0) is 0 Å². The molecule has 0 amide bonds. The maximum atomic E-state index is 6.28. The third-order valence-electron chi connectivity index (χ3n) is 0.258. The summed E-state index contributed by atoms with van der Waals surface area (Å²) < 4.78 is 0. The van der Waals surface area contributed by atoms with E-state index in [0.29, 0.717) is 0 Å². The summed E-state index contributed by atoms with van der Waals surface area (Å²) >= 11 is 0. The van der Waals surface area contributed by atoms with Gasteiger partial charge in [-0.15, -0.1) is 0 Å². The highest BCUT2D eigenvalue weighted by Gasteiger charge is 1.61. The number of nitrogens with two attached hydrogens (primary N) is 3. The molecule has 54 valence electrons. The average Bonchev–Trinajstić information content (AvgIpc) is 1.65. The number of hydrogen-bond donors (Lipinski definition) is 4. The number of hydrogen-bond acceptors (Lipinski definition) is 2. The van der Waals surface area contributed by atoms with Crippen LogP contribution in [0.5, 0.6) is 0 Å². The third-order valence-corrected chi connectivity index (χ3v) is 0.258. The predicted molar refractivity (Wildman–Crippen MR) is 39.3 cm³/mol. The van der Waals surface area contributed by atoms with E-state index in [1.165, 1.54) is 14.0 Å². The van der Waals surface area contributed by atoms with Crippen LogP contribution in [0.25, 0.3) is 0 Å². The molecule has 9 heavy (non-hydrogen) atoms. The van der Waals surface area contributed by atoms with Crippen LogP contribution in [0.15, 0.2) is 4.99 Å². The first kappa shape index (κ1) is 10.7. The molecule has 0 aliphatic carbocycles. The Kier molecular flexibility index (Phi) is 7.99. The van der Waals surface area contributed by atoms with Crippen LogP contribution in [0.3, 0.4) is 0 Å². The molecule has 0 bridgehead atoms. The smallest absolute Gasteiger partial charge is 0.185 e. The molecule has 0 saturated carbocycles. The molecule has 0 rings (SSSR count). The summed E-state index contributed by atoms with van der Waals surface area (Å²) in [6, 6.07) is 0. The van der Waals surface area contributed by atoms with E-state index in [1.54, 1.807) is 0 Å². The molecule has 5 heteroatoms. The van der Waals surface area contributed by atoms with Gasteiger partial charge < -0.3 is 17.2 Å². The SMILES string of the molecule is CC(=N)N.CN=C(N)N. The second kappa shape index (κ2) is 6.74. The minimum absolute atomic E-state index is 0.130. The van der Waals surface area contributed by atoms with Crippen LogP contribution in [0.1, 0.15) is 6.92 Å². The van der Waals surface area contributed by atoms with E-state index >= 15 is 0 Å². The van der Waals surface area contributed by atoms with Crippen molar-refractivity contribution < 1.29 is 0 Å². The Hall–Kier alpha value is -1.26. The van der Waals surface area contributed by atoms with Gasteiger partial charge in [0.05, 0.1) is 5.84 Å². The predicted octanol–water partition coefficient (Wildman–Crippen LogP) is -1.17. The Morgan fingerprint density at radius 2 is 1.44 bits per heavy atom. The molecule has 0 radical (unpaired) electrons. The minimum Gasteiger partial charge on any atom is -0.388 e. The monoisotopic (exact) mass is 131 g/mol. The van der Waals surface area contributed by atoms with E-state index in [0.717, 1.165) is 0 Å². The lowest BCUT2D eigenvalue weighted by atomic mass is 10.8. The molecular weight excluding hydrogens is 118 g/mol. The van der Waals surface area contributed by atoms with E-state index < -0.39 is 0 Å².